The molecule has 2 heterocycles. The van der Waals surface area contributed by atoms with Crippen LogP contribution in [0.15, 0.2) is 59.6 Å². The van der Waals surface area contributed by atoms with Crippen LogP contribution in [-0.2, 0) is 16.6 Å². The molecule has 0 aliphatic carbocycles. The zero-order chi connectivity index (χ0) is 22.6. The average molecular weight is 451 g/mol. The van der Waals surface area contributed by atoms with Crippen molar-refractivity contribution < 1.29 is 13.2 Å². The Morgan fingerprint density at radius 2 is 1.88 bits per heavy atom. The van der Waals surface area contributed by atoms with Crippen LogP contribution in [0.5, 0.6) is 5.75 Å². The summed E-state index contributed by atoms with van der Waals surface area (Å²) in [7, 11) is -3.67. The van der Waals surface area contributed by atoms with Gasteiger partial charge >= 0.3 is 0 Å². The summed E-state index contributed by atoms with van der Waals surface area (Å²) in [6.07, 6.45) is 2.40. The third-order valence-electron chi connectivity index (χ3n) is 5.65. The molecule has 1 aromatic heterocycles. The summed E-state index contributed by atoms with van der Waals surface area (Å²) in [4.78, 5) is 6.90. The van der Waals surface area contributed by atoms with Crippen LogP contribution < -0.4 is 4.74 Å². The first-order chi connectivity index (χ1) is 15.5. The molecule has 0 amide bonds. The van der Waals surface area contributed by atoms with Crippen molar-refractivity contribution in [3.8, 4) is 11.8 Å². The van der Waals surface area contributed by atoms with Crippen LogP contribution >= 0.6 is 0 Å². The number of hydrogen-bond acceptors (Lipinski definition) is 6. The highest BCUT2D eigenvalue weighted by molar-refractivity contribution is 7.89. The van der Waals surface area contributed by atoms with Crippen LogP contribution in [0, 0.1) is 11.3 Å². The van der Waals surface area contributed by atoms with Gasteiger partial charge < -0.3 is 4.74 Å². The first-order valence-electron chi connectivity index (χ1n) is 10.7. The molecule has 0 unspecified atom stereocenters. The van der Waals surface area contributed by atoms with Gasteiger partial charge in [-0.3, -0.25) is 9.88 Å². The van der Waals surface area contributed by atoms with Crippen molar-refractivity contribution >= 4 is 20.9 Å². The van der Waals surface area contributed by atoms with E-state index in [0.29, 0.717) is 48.5 Å². The lowest BCUT2D eigenvalue weighted by Gasteiger charge is -2.22. The summed E-state index contributed by atoms with van der Waals surface area (Å²) in [6.45, 7) is 5.47. The van der Waals surface area contributed by atoms with Gasteiger partial charge in [-0.05, 0) is 61.9 Å². The third kappa shape index (κ3) is 4.60. The Morgan fingerprint density at radius 3 is 2.62 bits per heavy atom. The van der Waals surface area contributed by atoms with Crippen LogP contribution in [0.4, 0.5) is 0 Å². The second-order valence-electron chi connectivity index (χ2n) is 7.74. The largest absolute Gasteiger partial charge is 0.492 e. The van der Waals surface area contributed by atoms with Crippen LogP contribution in [-0.4, -0.2) is 55.4 Å². The van der Waals surface area contributed by atoms with Gasteiger partial charge in [0, 0.05) is 37.8 Å². The topological polar surface area (TPSA) is 86.5 Å². The Balaban J connectivity index is 1.54. The minimum atomic E-state index is -3.67. The van der Waals surface area contributed by atoms with Gasteiger partial charge in [0.2, 0.25) is 10.0 Å². The summed E-state index contributed by atoms with van der Waals surface area (Å²) in [5.41, 5.74) is 2.32. The molecule has 0 saturated carbocycles. The molecule has 2 aromatic carbocycles. The van der Waals surface area contributed by atoms with Crippen molar-refractivity contribution in [2.75, 3.05) is 32.8 Å². The maximum absolute atomic E-state index is 13.6. The van der Waals surface area contributed by atoms with Gasteiger partial charge in [-0.1, -0.05) is 12.1 Å². The number of fused-ring (bicyclic) bond motifs is 1. The van der Waals surface area contributed by atoms with E-state index in [1.807, 2.05) is 31.2 Å². The molecular weight excluding hydrogens is 424 g/mol. The number of pyridine rings is 1. The fourth-order valence-corrected chi connectivity index (χ4v) is 5.70. The molecule has 0 bridgehead atoms. The number of benzene rings is 2. The van der Waals surface area contributed by atoms with Gasteiger partial charge in [0.1, 0.15) is 11.3 Å². The van der Waals surface area contributed by atoms with E-state index in [4.69, 9.17) is 10.00 Å². The molecule has 32 heavy (non-hydrogen) atoms. The van der Waals surface area contributed by atoms with E-state index >= 15 is 0 Å². The van der Waals surface area contributed by atoms with E-state index in [0.717, 1.165) is 25.1 Å². The predicted octanol–water partition coefficient (Wildman–Crippen LogP) is 3.40. The van der Waals surface area contributed by atoms with E-state index < -0.39 is 10.0 Å². The molecule has 0 N–H and O–H groups in total. The molecule has 166 valence electrons. The van der Waals surface area contributed by atoms with Crippen LogP contribution in [0.3, 0.4) is 0 Å². The molecule has 4 rings (SSSR count). The standard InChI is InChI=1S/C24H26N4O3S/c1-2-31-22-10-11-23(21-5-3-12-26-24(21)22)32(29,30)28-14-4-13-27(15-16-28)18-20-8-6-19(17-25)7-9-20/h3,5-12H,2,4,13-16,18H2,1H3. The van der Waals surface area contributed by atoms with Gasteiger partial charge in [0.25, 0.3) is 0 Å². The summed E-state index contributed by atoms with van der Waals surface area (Å²) in [5, 5.41) is 9.54. The van der Waals surface area contributed by atoms with E-state index in [1.54, 1.807) is 34.8 Å². The Kier molecular flexibility index (Phi) is 6.70. The van der Waals surface area contributed by atoms with Crippen molar-refractivity contribution in [1.29, 1.82) is 5.26 Å². The third-order valence-corrected chi connectivity index (χ3v) is 7.60. The lowest BCUT2D eigenvalue weighted by atomic mass is 10.1. The first kappa shape index (κ1) is 22.2. The maximum Gasteiger partial charge on any atom is 0.243 e. The van der Waals surface area contributed by atoms with Crippen molar-refractivity contribution in [1.82, 2.24) is 14.2 Å². The van der Waals surface area contributed by atoms with Gasteiger partial charge in [-0.2, -0.15) is 9.57 Å². The highest BCUT2D eigenvalue weighted by atomic mass is 32.2. The normalized spacial score (nSPS) is 15.9. The maximum atomic E-state index is 13.6. The lowest BCUT2D eigenvalue weighted by molar-refractivity contribution is 0.278. The Labute approximate surface area is 188 Å². The number of nitrogens with zero attached hydrogens (tertiary/aromatic N) is 4. The summed E-state index contributed by atoms with van der Waals surface area (Å²) in [5.74, 6) is 0.589. The van der Waals surface area contributed by atoms with Crippen molar-refractivity contribution in [3.63, 3.8) is 0 Å². The monoisotopic (exact) mass is 450 g/mol. The molecule has 0 spiro atoms. The molecule has 8 heteroatoms. The van der Waals surface area contributed by atoms with Gasteiger partial charge in [-0.25, -0.2) is 8.42 Å². The highest BCUT2D eigenvalue weighted by Gasteiger charge is 2.29. The van der Waals surface area contributed by atoms with Crippen LogP contribution in [0.25, 0.3) is 10.9 Å². The Bertz CT molecular complexity index is 1240. The van der Waals surface area contributed by atoms with Gasteiger partial charge in [0.05, 0.1) is 23.1 Å². The molecule has 3 aromatic rings. The zero-order valence-electron chi connectivity index (χ0n) is 18.1. The predicted molar refractivity (Wildman–Crippen MR) is 123 cm³/mol. The van der Waals surface area contributed by atoms with Crippen LogP contribution in [0.2, 0.25) is 0 Å². The van der Waals surface area contributed by atoms with Gasteiger partial charge in [-0.15, -0.1) is 0 Å². The molecular formula is C24H26N4O3S. The zero-order valence-corrected chi connectivity index (χ0v) is 18.9. The molecule has 0 atom stereocenters. The number of sulfonamides is 1. The van der Waals surface area contributed by atoms with E-state index in [2.05, 4.69) is 16.0 Å². The summed E-state index contributed by atoms with van der Waals surface area (Å²) >= 11 is 0. The van der Waals surface area contributed by atoms with Gasteiger partial charge in [0.15, 0.2) is 0 Å². The van der Waals surface area contributed by atoms with E-state index in [9.17, 15) is 8.42 Å². The molecule has 1 fully saturated rings. The second kappa shape index (κ2) is 9.65. The van der Waals surface area contributed by atoms with Crippen LogP contribution in [0.1, 0.15) is 24.5 Å². The second-order valence-corrected chi connectivity index (χ2v) is 9.64. The first-order valence-corrected chi connectivity index (χ1v) is 12.2. The van der Waals surface area contributed by atoms with Crippen molar-refractivity contribution in [3.05, 3.63) is 65.9 Å². The molecule has 7 nitrogen and oxygen atoms in total. The number of rotatable bonds is 6. The molecule has 1 aliphatic heterocycles. The fourth-order valence-electron chi connectivity index (χ4n) is 4.05. The van der Waals surface area contributed by atoms with Crippen molar-refractivity contribution in [2.45, 2.75) is 24.8 Å². The number of hydrogen-bond donors (Lipinski definition) is 0. The quantitative estimate of drug-likeness (QED) is 0.572. The number of ether oxygens (including phenoxy) is 1. The van der Waals surface area contributed by atoms with E-state index in [-0.39, 0.29) is 4.90 Å². The summed E-state index contributed by atoms with van der Waals surface area (Å²) in [6, 6.07) is 16.5. The summed E-state index contributed by atoms with van der Waals surface area (Å²) < 4.78 is 34.4. The van der Waals surface area contributed by atoms with Crippen molar-refractivity contribution in [2.24, 2.45) is 0 Å². The van der Waals surface area contributed by atoms with E-state index in [1.165, 1.54) is 0 Å². The average Bonchev–Trinajstić information content (AvgIpc) is 3.06. The number of nitriles is 1. The minimum absolute atomic E-state index is 0.268. The minimum Gasteiger partial charge on any atom is -0.492 e. The molecule has 1 aliphatic rings. The number of aromatic nitrogens is 1. The molecule has 1 saturated heterocycles. The lowest BCUT2D eigenvalue weighted by Crippen LogP contribution is -2.35. The Morgan fingerprint density at radius 1 is 1.06 bits per heavy atom. The fraction of sp³-hybridized carbons (Fsp3) is 0.333. The molecule has 0 radical (unpaired) electrons. The Hall–Kier alpha value is -2.99. The SMILES string of the molecule is CCOc1ccc(S(=O)(=O)N2CCCN(Cc3ccc(C#N)cc3)CC2)c2cccnc12. The highest BCUT2D eigenvalue weighted by Crippen LogP contribution is 2.31. The smallest absolute Gasteiger partial charge is 0.243 e.